The zero-order valence-corrected chi connectivity index (χ0v) is 15.0. The Balaban J connectivity index is 2.46. The molecule has 0 fully saturated rings. The van der Waals surface area contributed by atoms with Gasteiger partial charge in [-0.1, -0.05) is 13.8 Å². The predicted molar refractivity (Wildman–Crippen MR) is 96.2 cm³/mol. The van der Waals surface area contributed by atoms with Crippen LogP contribution in [0, 0.1) is 5.92 Å². The molecule has 3 amide bonds. The van der Waals surface area contributed by atoms with Gasteiger partial charge in [0.2, 0.25) is 0 Å². The van der Waals surface area contributed by atoms with Crippen LogP contribution < -0.4 is 16.0 Å². The van der Waals surface area contributed by atoms with E-state index < -0.39 is 5.60 Å². The fourth-order valence-electron chi connectivity index (χ4n) is 2.10. The molecule has 1 rings (SSSR count). The van der Waals surface area contributed by atoms with Gasteiger partial charge in [0.1, 0.15) is 0 Å². The first kappa shape index (κ1) is 20.0. The van der Waals surface area contributed by atoms with E-state index in [0.29, 0.717) is 30.1 Å². The van der Waals surface area contributed by atoms with Gasteiger partial charge in [-0.15, -0.1) is 0 Å². The molecule has 0 bridgehead atoms. The second-order valence-electron chi connectivity index (χ2n) is 6.67. The molecule has 4 N–H and O–H groups in total. The lowest BCUT2D eigenvalue weighted by atomic mass is 9.95. The summed E-state index contributed by atoms with van der Waals surface area (Å²) in [6.07, 6.45) is 1.53. The van der Waals surface area contributed by atoms with Gasteiger partial charge in [0.25, 0.3) is 5.91 Å². The third kappa shape index (κ3) is 7.46. The Morgan fingerprint density at radius 3 is 2.33 bits per heavy atom. The van der Waals surface area contributed by atoms with Gasteiger partial charge in [-0.2, -0.15) is 0 Å². The molecule has 6 heteroatoms. The standard InChI is InChI=1S/C18H29N3O3/c1-5-19-16(22)14-6-8-15(9-7-14)21-17(23)20-12-18(4,24)11-10-13(2)3/h6-9,13,24H,5,10-12H2,1-4H3,(H,19,22)(H2,20,21,23). The molecular formula is C18H29N3O3. The SMILES string of the molecule is CCNC(=O)c1ccc(NC(=O)NCC(C)(O)CCC(C)C)cc1. The number of hydrogen-bond acceptors (Lipinski definition) is 3. The number of carbonyl (C=O) groups excluding carboxylic acids is 2. The number of benzene rings is 1. The number of rotatable bonds is 8. The van der Waals surface area contributed by atoms with Crippen LogP contribution >= 0.6 is 0 Å². The molecule has 0 aliphatic heterocycles. The average Bonchev–Trinajstić information content (AvgIpc) is 2.52. The van der Waals surface area contributed by atoms with Gasteiger partial charge in [0, 0.05) is 24.3 Å². The van der Waals surface area contributed by atoms with Crippen molar-refractivity contribution in [3.63, 3.8) is 0 Å². The molecule has 0 heterocycles. The highest BCUT2D eigenvalue weighted by Gasteiger charge is 2.21. The Hall–Kier alpha value is -2.08. The van der Waals surface area contributed by atoms with Crippen molar-refractivity contribution in [2.24, 2.45) is 5.92 Å². The van der Waals surface area contributed by atoms with Crippen molar-refractivity contribution < 1.29 is 14.7 Å². The molecule has 6 nitrogen and oxygen atoms in total. The molecule has 0 aromatic heterocycles. The van der Waals surface area contributed by atoms with Crippen LogP contribution in [0.5, 0.6) is 0 Å². The Bertz CT molecular complexity index is 539. The van der Waals surface area contributed by atoms with E-state index in [0.717, 1.165) is 6.42 Å². The lowest BCUT2D eigenvalue weighted by molar-refractivity contribution is 0.0481. The number of hydrogen-bond donors (Lipinski definition) is 4. The summed E-state index contributed by atoms with van der Waals surface area (Å²) in [5.41, 5.74) is 0.200. The maximum absolute atomic E-state index is 11.9. The summed E-state index contributed by atoms with van der Waals surface area (Å²) < 4.78 is 0. The first-order chi connectivity index (χ1) is 11.2. The zero-order valence-electron chi connectivity index (χ0n) is 15.0. The van der Waals surface area contributed by atoms with Crippen LogP contribution in [0.3, 0.4) is 0 Å². The minimum Gasteiger partial charge on any atom is -0.388 e. The van der Waals surface area contributed by atoms with Gasteiger partial charge in [0.15, 0.2) is 0 Å². The second kappa shape index (κ2) is 9.27. The van der Waals surface area contributed by atoms with Crippen LogP contribution in [0.1, 0.15) is 50.9 Å². The Morgan fingerprint density at radius 2 is 1.79 bits per heavy atom. The van der Waals surface area contributed by atoms with Gasteiger partial charge < -0.3 is 21.1 Å². The highest BCUT2D eigenvalue weighted by molar-refractivity contribution is 5.95. The molecule has 1 unspecified atom stereocenters. The van der Waals surface area contributed by atoms with Crippen molar-refractivity contribution in [1.82, 2.24) is 10.6 Å². The quantitative estimate of drug-likeness (QED) is 0.589. The number of amides is 3. The van der Waals surface area contributed by atoms with Crippen molar-refractivity contribution in [2.45, 2.75) is 46.1 Å². The van der Waals surface area contributed by atoms with Crippen LogP contribution in [-0.2, 0) is 0 Å². The van der Waals surface area contributed by atoms with E-state index in [4.69, 9.17) is 0 Å². The van der Waals surface area contributed by atoms with E-state index in [1.54, 1.807) is 31.2 Å². The van der Waals surface area contributed by atoms with Crippen LogP contribution in [0.25, 0.3) is 0 Å². The van der Waals surface area contributed by atoms with Crippen molar-refractivity contribution in [3.8, 4) is 0 Å². The summed E-state index contributed by atoms with van der Waals surface area (Å²) in [6.45, 7) is 8.52. The topological polar surface area (TPSA) is 90.5 Å². The van der Waals surface area contributed by atoms with E-state index in [2.05, 4.69) is 29.8 Å². The van der Waals surface area contributed by atoms with Crippen molar-refractivity contribution in [1.29, 1.82) is 0 Å². The van der Waals surface area contributed by atoms with Crippen molar-refractivity contribution in [2.75, 3.05) is 18.4 Å². The zero-order chi connectivity index (χ0) is 18.2. The Kier molecular flexibility index (Phi) is 7.71. The molecule has 0 saturated heterocycles. The maximum atomic E-state index is 11.9. The average molecular weight is 335 g/mol. The van der Waals surface area contributed by atoms with Gasteiger partial charge in [0.05, 0.1) is 5.60 Å². The molecular weight excluding hydrogens is 306 g/mol. The summed E-state index contributed by atoms with van der Waals surface area (Å²) >= 11 is 0. The van der Waals surface area contributed by atoms with E-state index in [-0.39, 0.29) is 18.5 Å². The highest BCUT2D eigenvalue weighted by Crippen LogP contribution is 2.15. The predicted octanol–water partition coefficient (Wildman–Crippen LogP) is 2.75. The fourth-order valence-corrected chi connectivity index (χ4v) is 2.10. The summed E-state index contributed by atoms with van der Waals surface area (Å²) in [6, 6.07) is 6.26. The van der Waals surface area contributed by atoms with E-state index in [9.17, 15) is 14.7 Å². The molecule has 134 valence electrons. The number of nitrogens with one attached hydrogen (secondary N) is 3. The lowest BCUT2D eigenvalue weighted by Gasteiger charge is -2.24. The van der Waals surface area contributed by atoms with Gasteiger partial charge in [-0.3, -0.25) is 4.79 Å². The van der Waals surface area contributed by atoms with E-state index >= 15 is 0 Å². The first-order valence-electron chi connectivity index (χ1n) is 8.39. The van der Waals surface area contributed by atoms with Gasteiger partial charge in [-0.25, -0.2) is 4.79 Å². The maximum Gasteiger partial charge on any atom is 0.319 e. The molecule has 0 radical (unpaired) electrons. The van der Waals surface area contributed by atoms with Crippen LogP contribution in [0.15, 0.2) is 24.3 Å². The minimum atomic E-state index is -0.927. The van der Waals surface area contributed by atoms with E-state index in [1.165, 1.54) is 0 Å². The fraction of sp³-hybridized carbons (Fsp3) is 0.556. The highest BCUT2D eigenvalue weighted by atomic mass is 16.3. The monoisotopic (exact) mass is 335 g/mol. The number of anilines is 1. The summed E-state index contributed by atoms with van der Waals surface area (Å²) in [5, 5.41) is 18.3. The first-order valence-corrected chi connectivity index (χ1v) is 8.39. The van der Waals surface area contributed by atoms with Gasteiger partial charge >= 0.3 is 6.03 Å². The molecule has 1 aromatic rings. The number of carbonyl (C=O) groups is 2. The molecule has 0 saturated carbocycles. The Labute approximate surface area is 144 Å². The smallest absolute Gasteiger partial charge is 0.319 e. The van der Waals surface area contributed by atoms with Crippen molar-refractivity contribution >= 4 is 17.6 Å². The third-order valence-electron chi connectivity index (χ3n) is 3.63. The third-order valence-corrected chi connectivity index (χ3v) is 3.63. The lowest BCUT2D eigenvalue weighted by Crippen LogP contribution is -2.42. The molecule has 0 aliphatic rings. The largest absolute Gasteiger partial charge is 0.388 e. The summed E-state index contributed by atoms with van der Waals surface area (Å²) in [5.74, 6) is 0.364. The summed E-state index contributed by atoms with van der Waals surface area (Å²) in [4.78, 5) is 23.6. The normalized spacial score (nSPS) is 13.2. The molecule has 1 aromatic carbocycles. The summed E-state index contributed by atoms with van der Waals surface area (Å²) in [7, 11) is 0. The molecule has 24 heavy (non-hydrogen) atoms. The van der Waals surface area contributed by atoms with Gasteiger partial charge in [-0.05, 0) is 56.9 Å². The molecule has 0 aliphatic carbocycles. The van der Waals surface area contributed by atoms with Crippen LogP contribution in [0.2, 0.25) is 0 Å². The second-order valence-corrected chi connectivity index (χ2v) is 6.67. The molecule has 1 atom stereocenters. The van der Waals surface area contributed by atoms with E-state index in [1.807, 2.05) is 6.92 Å². The minimum absolute atomic E-state index is 0.144. The number of urea groups is 1. The molecule has 0 spiro atoms. The van der Waals surface area contributed by atoms with Crippen molar-refractivity contribution in [3.05, 3.63) is 29.8 Å². The number of aliphatic hydroxyl groups is 1. The van der Waals surface area contributed by atoms with Crippen LogP contribution in [0.4, 0.5) is 10.5 Å². The van der Waals surface area contributed by atoms with Crippen LogP contribution in [-0.4, -0.2) is 35.7 Å². The Morgan fingerprint density at radius 1 is 1.17 bits per heavy atom.